The maximum atomic E-state index is 12.9. The molecule has 2 aromatic heterocycles. The van der Waals surface area contributed by atoms with Crippen LogP contribution in [0.4, 0.5) is 0 Å². The number of amides is 1. The zero-order chi connectivity index (χ0) is 20.8. The number of hydrogen-bond donors (Lipinski definition) is 0. The molecule has 0 spiro atoms. The van der Waals surface area contributed by atoms with E-state index in [1.807, 2.05) is 31.0 Å². The van der Waals surface area contributed by atoms with Crippen LogP contribution in [0.25, 0.3) is 0 Å². The Morgan fingerprint density at radius 3 is 2.34 bits per heavy atom. The van der Waals surface area contributed by atoms with Gasteiger partial charge >= 0.3 is 0 Å². The van der Waals surface area contributed by atoms with E-state index in [0.717, 1.165) is 56.0 Å². The van der Waals surface area contributed by atoms with Crippen LogP contribution in [-0.2, 0) is 24.8 Å². The first-order valence-electron chi connectivity index (χ1n) is 10.6. The molecule has 4 rings (SSSR count). The highest BCUT2D eigenvalue weighted by Crippen LogP contribution is 2.51. The van der Waals surface area contributed by atoms with Gasteiger partial charge in [-0.25, -0.2) is 0 Å². The Labute approximate surface area is 173 Å². The molecule has 29 heavy (non-hydrogen) atoms. The summed E-state index contributed by atoms with van der Waals surface area (Å²) < 4.78 is 1.94. The highest BCUT2D eigenvalue weighted by Gasteiger charge is 2.58. The predicted octanol–water partition coefficient (Wildman–Crippen LogP) is 2.74. The molecule has 0 N–H and O–H groups in total. The molecule has 0 radical (unpaired) electrons. The molecule has 2 saturated heterocycles. The van der Waals surface area contributed by atoms with Crippen LogP contribution in [-0.4, -0.2) is 56.7 Å². The maximum absolute atomic E-state index is 12.9. The molecule has 0 aromatic carbocycles. The third-order valence-electron chi connectivity index (χ3n) is 7.14. The second-order valence-electron chi connectivity index (χ2n) is 9.79. The molecule has 2 atom stereocenters. The Balaban J connectivity index is 1.36. The molecule has 1 amide bonds. The Hall–Kier alpha value is -2.21. The number of aryl methyl sites for hydroxylation is 4. The van der Waals surface area contributed by atoms with Gasteiger partial charge in [-0.15, -0.1) is 0 Å². The van der Waals surface area contributed by atoms with Crippen LogP contribution in [0.3, 0.4) is 0 Å². The standard InChI is InChI=1S/C23H33N5O/c1-17-8-19(11-24-10-17)6-7-21(29)28-15-22(3)13-27(14-23(22,4)16-28)12-20-9-18(2)26(5)25-20/h8-11H,6-7,12-16H2,1-5H3/t22-,23+. The van der Waals surface area contributed by atoms with Crippen molar-refractivity contribution in [1.29, 1.82) is 0 Å². The summed E-state index contributed by atoms with van der Waals surface area (Å²) in [4.78, 5) is 21.8. The average molecular weight is 396 g/mol. The second kappa shape index (κ2) is 7.24. The second-order valence-corrected chi connectivity index (χ2v) is 9.79. The molecule has 4 heterocycles. The summed E-state index contributed by atoms with van der Waals surface area (Å²) in [6.07, 6.45) is 5.06. The van der Waals surface area contributed by atoms with E-state index in [9.17, 15) is 4.79 Å². The minimum Gasteiger partial charge on any atom is -0.341 e. The van der Waals surface area contributed by atoms with Crippen molar-refractivity contribution in [3.05, 3.63) is 47.0 Å². The number of nitrogens with zero attached hydrogens (tertiary/aromatic N) is 5. The molecular formula is C23H33N5O. The number of hydrogen-bond acceptors (Lipinski definition) is 4. The van der Waals surface area contributed by atoms with Gasteiger partial charge in [0.05, 0.1) is 5.69 Å². The van der Waals surface area contributed by atoms with Crippen molar-refractivity contribution in [2.75, 3.05) is 26.2 Å². The van der Waals surface area contributed by atoms with Crippen molar-refractivity contribution in [2.45, 2.75) is 47.1 Å². The van der Waals surface area contributed by atoms with Crippen LogP contribution in [0.1, 0.15) is 42.8 Å². The highest BCUT2D eigenvalue weighted by molar-refractivity contribution is 5.77. The number of carbonyl (C=O) groups is 1. The van der Waals surface area contributed by atoms with Gasteiger partial charge in [0.2, 0.25) is 5.91 Å². The molecule has 0 unspecified atom stereocenters. The van der Waals surface area contributed by atoms with Gasteiger partial charge < -0.3 is 4.90 Å². The van der Waals surface area contributed by atoms with Gasteiger partial charge in [-0.3, -0.25) is 19.4 Å². The number of aromatic nitrogens is 3. The van der Waals surface area contributed by atoms with Gasteiger partial charge in [-0.2, -0.15) is 5.10 Å². The van der Waals surface area contributed by atoms with E-state index in [0.29, 0.717) is 6.42 Å². The van der Waals surface area contributed by atoms with E-state index in [4.69, 9.17) is 0 Å². The zero-order valence-corrected chi connectivity index (χ0v) is 18.4. The van der Waals surface area contributed by atoms with Gasteiger partial charge in [-0.1, -0.05) is 19.9 Å². The number of rotatable bonds is 5. The number of pyridine rings is 1. The van der Waals surface area contributed by atoms with E-state index in [2.05, 4.69) is 52.8 Å². The van der Waals surface area contributed by atoms with Crippen LogP contribution in [0.15, 0.2) is 24.5 Å². The first-order chi connectivity index (χ1) is 13.7. The van der Waals surface area contributed by atoms with Gasteiger partial charge in [0.15, 0.2) is 0 Å². The van der Waals surface area contributed by atoms with Crippen molar-refractivity contribution in [3.8, 4) is 0 Å². The lowest BCUT2D eigenvalue weighted by molar-refractivity contribution is -0.130. The zero-order valence-electron chi connectivity index (χ0n) is 18.4. The molecule has 156 valence electrons. The normalized spacial score (nSPS) is 26.9. The summed E-state index contributed by atoms with van der Waals surface area (Å²) in [6, 6.07) is 4.30. The minimum absolute atomic E-state index is 0.136. The lowest BCUT2D eigenvalue weighted by Crippen LogP contribution is -2.35. The van der Waals surface area contributed by atoms with Gasteiger partial charge in [0.25, 0.3) is 0 Å². The van der Waals surface area contributed by atoms with Crippen molar-refractivity contribution in [3.63, 3.8) is 0 Å². The molecule has 2 fully saturated rings. The third kappa shape index (κ3) is 3.82. The molecule has 6 heteroatoms. The summed E-state index contributed by atoms with van der Waals surface area (Å²) in [6.45, 7) is 13.5. The van der Waals surface area contributed by atoms with Crippen LogP contribution < -0.4 is 0 Å². The van der Waals surface area contributed by atoms with Crippen LogP contribution in [0.2, 0.25) is 0 Å². The lowest BCUT2D eigenvalue weighted by atomic mass is 9.71. The van der Waals surface area contributed by atoms with E-state index < -0.39 is 0 Å². The molecule has 2 aliphatic rings. The summed E-state index contributed by atoms with van der Waals surface area (Å²) in [5.41, 5.74) is 4.89. The van der Waals surface area contributed by atoms with Crippen LogP contribution >= 0.6 is 0 Å². The molecule has 0 bridgehead atoms. The fourth-order valence-electron chi connectivity index (χ4n) is 5.20. The van der Waals surface area contributed by atoms with Crippen molar-refractivity contribution in [2.24, 2.45) is 17.9 Å². The van der Waals surface area contributed by atoms with Gasteiger partial charge in [0, 0.05) is 75.1 Å². The third-order valence-corrected chi connectivity index (χ3v) is 7.14. The summed E-state index contributed by atoms with van der Waals surface area (Å²) in [5, 5.41) is 4.62. The molecule has 0 aliphatic carbocycles. The van der Waals surface area contributed by atoms with Crippen molar-refractivity contribution >= 4 is 5.91 Å². The lowest BCUT2D eigenvalue weighted by Gasteiger charge is -2.30. The minimum atomic E-state index is 0.136. The number of likely N-dealkylation sites (tertiary alicyclic amines) is 2. The van der Waals surface area contributed by atoms with Crippen LogP contribution in [0, 0.1) is 24.7 Å². The van der Waals surface area contributed by atoms with Crippen molar-refractivity contribution < 1.29 is 4.79 Å². The fraction of sp³-hybridized carbons (Fsp3) is 0.609. The Morgan fingerprint density at radius 1 is 1.07 bits per heavy atom. The smallest absolute Gasteiger partial charge is 0.222 e. The Morgan fingerprint density at radius 2 is 1.76 bits per heavy atom. The molecule has 6 nitrogen and oxygen atoms in total. The molecule has 2 aromatic rings. The quantitative estimate of drug-likeness (QED) is 0.781. The fourth-order valence-corrected chi connectivity index (χ4v) is 5.20. The average Bonchev–Trinajstić information content (AvgIpc) is 3.17. The summed E-state index contributed by atoms with van der Waals surface area (Å²) in [5.74, 6) is 0.273. The molecule has 0 saturated carbocycles. The van der Waals surface area contributed by atoms with Crippen molar-refractivity contribution in [1.82, 2.24) is 24.6 Å². The Bertz CT molecular complexity index is 882. The Kier molecular flexibility index (Phi) is 5.01. The topological polar surface area (TPSA) is 54.3 Å². The van der Waals surface area contributed by atoms with E-state index >= 15 is 0 Å². The number of carbonyl (C=O) groups excluding carboxylic acids is 1. The van der Waals surface area contributed by atoms with Crippen LogP contribution in [0.5, 0.6) is 0 Å². The molecule has 2 aliphatic heterocycles. The highest BCUT2D eigenvalue weighted by atomic mass is 16.2. The summed E-state index contributed by atoms with van der Waals surface area (Å²) >= 11 is 0. The molecular weight excluding hydrogens is 362 g/mol. The first kappa shape index (κ1) is 20.1. The van der Waals surface area contributed by atoms with E-state index in [1.54, 1.807) is 0 Å². The predicted molar refractivity (Wildman–Crippen MR) is 113 cm³/mol. The van der Waals surface area contributed by atoms with Gasteiger partial charge in [-0.05, 0) is 37.5 Å². The monoisotopic (exact) mass is 395 g/mol. The maximum Gasteiger partial charge on any atom is 0.222 e. The van der Waals surface area contributed by atoms with Gasteiger partial charge in [0.1, 0.15) is 0 Å². The van der Waals surface area contributed by atoms with E-state index in [1.165, 1.54) is 5.69 Å². The van der Waals surface area contributed by atoms with E-state index in [-0.39, 0.29) is 16.7 Å². The SMILES string of the molecule is Cc1cncc(CCC(=O)N2C[C@]3(C)CN(Cc4cc(C)n(C)n4)C[C@]3(C)C2)c1. The number of fused-ring (bicyclic) bond motifs is 1. The largest absolute Gasteiger partial charge is 0.341 e. The summed E-state index contributed by atoms with van der Waals surface area (Å²) in [7, 11) is 2.00. The first-order valence-corrected chi connectivity index (χ1v) is 10.6.